The molecule has 0 radical (unpaired) electrons. The third-order valence-corrected chi connectivity index (χ3v) is 4.04. The quantitative estimate of drug-likeness (QED) is 0.821. The first-order valence-electron chi connectivity index (χ1n) is 7.02. The van der Waals surface area contributed by atoms with Crippen LogP contribution in [0.2, 0.25) is 10.0 Å². The second kappa shape index (κ2) is 8.39. The molecule has 3 nitrogen and oxygen atoms in total. The number of methoxy groups -OCH3 is 1. The van der Waals surface area contributed by atoms with Crippen LogP contribution in [0.15, 0.2) is 36.4 Å². The Hall–Kier alpha value is -1.26. The first kappa shape index (κ1) is 17.1. The van der Waals surface area contributed by atoms with Gasteiger partial charge in [0.1, 0.15) is 12.4 Å². The van der Waals surface area contributed by atoms with E-state index in [9.17, 15) is 0 Å². The van der Waals surface area contributed by atoms with Crippen molar-refractivity contribution in [1.82, 2.24) is 0 Å². The van der Waals surface area contributed by atoms with Crippen molar-refractivity contribution in [2.24, 2.45) is 5.73 Å². The average Bonchev–Trinajstić information content (AvgIpc) is 2.49. The fourth-order valence-corrected chi connectivity index (χ4v) is 2.71. The predicted octanol–water partition coefficient (Wildman–Crippen LogP) is 4.22. The molecule has 2 N–H and O–H groups in total. The number of hydrogen-bond donors (Lipinski definition) is 1. The third-order valence-electron chi connectivity index (χ3n) is 3.34. The van der Waals surface area contributed by atoms with E-state index in [2.05, 4.69) is 0 Å². The summed E-state index contributed by atoms with van der Waals surface area (Å²) < 4.78 is 11.1. The molecule has 0 atom stereocenters. The molecule has 0 aliphatic carbocycles. The molecule has 0 bridgehead atoms. The highest BCUT2D eigenvalue weighted by atomic mass is 35.5. The van der Waals surface area contributed by atoms with Gasteiger partial charge in [0.25, 0.3) is 0 Å². The monoisotopic (exact) mass is 339 g/mol. The Balaban J connectivity index is 2.14. The Bertz CT molecular complexity index is 612. The SMILES string of the molecule is COCc1cc(OCc2c(Cl)cccc2Cl)ccc1CCN. The minimum atomic E-state index is 0.321. The Morgan fingerprint density at radius 3 is 2.36 bits per heavy atom. The summed E-state index contributed by atoms with van der Waals surface area (Å²) in [5, 5.41) is 1.20. The van der Waals surface area contributed by atoms with Crippen molar-refractivity contribution in [3.05, 3.63) is 63.1 Å². The lowest BCUT2D eigenvalue weighted by atomic mass is 10.0. The highest BCUT2D eigenvalue weighted by Gasteiger charge is 2.08. The molecule has 0 aromatic heterocycles. The zero-order valence-electron chi connectivity index (χ0n) is 12.4. The first-order chi connectivity index (χ1) is 10.7. The van der Waals surface area contributed by atoms with Crippen molar-refractivity contribution < 1.29 is 9.47 Å². The largest absolute Gasteiger partial charge is 0.489 e. The summed E-state index contributed by atoms with van der Waals surface area (Å²) >= 11 is 12.3. The molecule has 5 heteroatoms. The van der Waals surface area contributed by atoms with Crippen LogP contribution in [0.1, 0.15) is 16.7 Å². The lowest BCUT2D eigenvalue weighted by Crippen LogP contribution is -2.06. The molecule has 118 valence electrons. The van der Waals surface area contributed by atoms with Gasteiger partial charge in [0.05, 0.1) is 6.61 Å². The number of halogens is 2. The normalized spacial score (nSPS) is 10.7. The summed E-state index contributed by atoms with van der Waals surface area (Å²) in [5.41, 5.74) is 8.67. The van der Waals surface area contributed by atoms with Crippen molar-refractivity contribution in [2.75, 3.05) is 13.7 Å². The highest BCUT2D eigenvalue weighted by molar-refractivity contribution is 6.35. The van der Waals surface area contributed by atoms with Crippen LogP contribution < -0.4 is 10.5 Å². The minimum Gasteiger partial charge on any atom is -0.489 e. The maximum absolute atomic E-state index is 6.14. The molecule has 0 aliphatic heterocycles. The third kappa shape index (κ3) is 4.37. The van der Waals surface area contributed by atoms with Crippen LogP contribution in [0.4, 0.5) is 0 Å². The molecule has 2 aromatic rings. The van der Waals surface area contributed by atoms with Crippen LogP contribution in [0.25, 0.3) is 0 Å². The molecule has 0 fully saturated rings. The molecule has 0 saturated carbocycles. The van der Waals surface area contributed by atoms with E-state index in [4.69, 9.17) is 38.4 Å². The van der Waals surface area contributed by atoms with Crippen molar-refractivity contribution in [1.29, 1.82) is 0 Å². The zero-order chi connectivity index (χ0) is 15.9. The van der Waals surface area contributed by atoms with Gasteiger partial charge in [-0.2, -0.15) is 0 Å². The lowest BCUT2D eigenvalue weighted by Gasteiger charge is -2.13. The van der Waals surface area contributed by atoms with Gasteiger partial charge in [-0.25, -0.2) is 0 Å². The van der Waals surface area contributed by atoms with Crippen LogP contribution in [0.3, 0.4) is 0 Å². The Kier molecular flexibility index (Phi) is 6.52. The molecular weight excluding hydrogens is 321 g/mol. The van der Waals surface area contributed by atoms with Crippen molar-refractivity contribution in [3.63, 3.8) is 0 Å². The van der Waals surface area contributed by atoms with Gasteiger partial charge < -0.3 is 15.2 Å². The molecule has 0 spiro atoms. The van der Waals surface area contributed by atoms with Crippen molar-refractivity contribution in [2.45, 2.75) is 19.6 Å². The highest BCUT2D eigenvalue weighted by Crippen LogP contribution is 2.26. The molecule has 2 rings (SSSR count). The van der Waals surface area contributed by atoms with Crippen molar-refractivity contribution >= 4 is 23.2 Å². The van der Waals surface area contributed by atoms with Crippen molar-refractivity contribution in [3.8, 4) is 5.75 Å². The van der Waals surface area contributed by atoms with E-state index in [1.54, 1.807) is 19.2 Å². The number of nitrogens with two attached hydrogens (primary N) is 1. The van der Waals surface area contributed by atoms with Gasteiger partial charge in [-0.3, -0.25) is 0 Å². The Labute approximate surface area is 140 Å². The van der Waals surface area contributed by atoms with Gasteiger partial charge in [0, 0.05) is 22.7 Å². The molecule has 2 aromatic carbocycles. The second-order valence-electron chi connectivity index (χ2n) is 4.89. The molecule has 0 unspecified atom stereocenters. The van der Waals surface area contributed by atoms with E-state index < -0.39 is 0 Å². The summed E-state index contributed by atoms with van der Waals surface area (Å²) in [5.74, 6) is 0.754. The maximum atomic E-state index is 6.14. The van der Waals surface area contributed by atoms with Crippen LogP contribution in [-0.4, -0.2) is 13.7 Å². The average molecular weight is 340 g/mol. The number of hydrogen-bond acceptors (Lipinski definition) is 3. The van der Waals surface area contributed by atoms with Gasteiger partial charge in [0.2, 0.25) is 0 Å². The fraction of sp³-hybridized carbons (Fsp3) is 0.294. The molecule has 0 saturated heterocycles. The van der Waals surface area contributed by atoms with E-state index in [1.807, 2.05) is 24.3 Å². The van der Waals surface area contributed by atoms with Crippen LogP contribution in [0, 0.1) is 0 Å². The van der Waals surface area contributed by atoms with Crippen LogP contribution in [0.5, 0.6) is 5.75 Å². The first-order valence-corrected chi connectivity index (χ1v) is 7.77. The van der Waals surface area contributed by atoms with E-state index in [0.717, 1.165) is 23.3 Å². The van der Waals surface area contributed by atoms with Gasteiger partial charge in [-0.05, 0) is 48.4 Å². The maximum Gasteiger partial charge on any atom is 0.120 e. The van der Waals surface area contributed by atoms with Gasteiger partial charge in [-0.15, -0.1) is 0 Å². The summed E-state index contributed by atoms with van der Waals surface area (Å²) in [4.78, 5) is 0. The van der Waals surface area contributed by atoms with Gasteiger partial charge >= 0.3 is 0 Å². The minimum absolute atomic E-state index is 0.321. The molecule has 0 aliphatic rings. The van der Waals surface area contributed by atoms with Gasteiger partial charge in [-0.1, -0.05) is 35.3 Å². The Morgan fingerprint density at radius 2 is 1.73 bits per heavy atom. The predicted molar refractivity (Wildman–Crippen MR) is 90.7 cm³/mol. The summed E-state index contributed by atoms with van der Waals surface area (Å²) in [6, 6.07) is 11.3. The molecular formula is C17H19Cl2NO2. The molecule has 0 heterocycles. The summed E-state index contributed by atoms with van der Waals surface area (Å²) in [7, 11) is 1.67. The number of rotatable bonds is 7. The topological polar surface area (TPSA) is 44.5 Å². The summed E-state index contributed by atoms with van der Waals surface area (Å²) in [6.07, 6.45) is 0.815. The van der Waals surface area contributed by atoms with E-state index in [0.29, 0.717) is 29.8 Å². The van der Waals surface area contributed by atoms with Crippen LogP contribution in [-0.2, 0) is 24.4 Å². The summed E-state index contributed by atoms with van der Waals surface area (Å²) in [6.45, 7) is 1.45. The van der Waals surface area contributed by atoms with E-state index in [-0.39, 0.29) is 0 Å². The van der Waals surface area contributed by atoms with Gasteiger partial charge in [0.15, 0.2) is 0 Å². The molecule has 0 amide bonds. The zero-order valence-corrected chi connectivity index (χ0v) is 14.0. The fourth-order valence-electron chi connectivity index (χ4n) is 2.21. The number of ether oxygens (including phenoxy) is 2. The standard InChI is InChI=1S/C17H19Cl2NO2/c1-21-10-13-9-14(6-5-12(13)7-8-20)22-11-15-16(18)3-2-4-17(15)19/h2-6,9H,7-8,10-11,20H2,1H3. The number of benzene rings is 2. The second-order valence-corrected chi connectivity index (χ2v) is 5.71. The van der Waals surface area contributed by atoms with E-state index in [1.165, 1.54) is 5.56 Å². The Morgan fingerprint density at radius 1 is 1.00 bits per heavy atom. The van der Waals surface area contributed by atoms with Crippen LogP contribution >= 0.6 is 23.2 Å². The lowest BCUT2D eigenvalue weighted by molar-refractivity contribution is 0.183. The van der Waals surface area contributed by atoms with E-state index >= 15 is 0 Å². The molecule has 22 heavy (non-hydrogen) atoms. The smallest absolute Gasteiger partial charge is 0.120 e.